The van der Waals surface area contributed by atoms with Gasteiger partial charge in [0.2, 0.25) is 0 Å². The van der Waals surface area contributed by atoms with Gasteiger partial charge in [0.1, 0.15) is 5.75 Å². The van der Waals surface area contributed by atoms with E-state index in [1.165, 1.54) is 13.0 Å². The van der Waals surface area contributed by atoms with Crippen LogP contribution in [0.25, 0.3) is 0 Å². The highest BCUT2D eigenvalue weighted by atomic mass is 35.5. The van der Waals surface area contributed by atoms with E-state index in [1.807, 2.05) is 0 Å². The van der Waals surface area contributed by atoms with Crippen LogP contribution in [0, 0.1) is 23.7 Å². The summed E-state index contributed by atoms with van der Waals surface area (Å²) in [6, 6.07) is 1.65. The number of hydrogen-bond donors (Lipinski definition) is 2. The first kappa shape index (κ1) is 18.5. The maximum absolute atomic E-state index is 12.8. The van der Waals surface area contributed by atoms with Crippen LogP contribution in [0.1, 0.15) is 28.8 Å². The van der Waals surface area contributed by atoms with E-state index in [0.29, 0.717) is 40.5 Å². The predicted octanol–water partition coefficient (Wildman–Crippen LogP) is 2.19. The molecule has 6 nitrogen and oxygen atoms in total. The Labute approximate surface area is 170 Å². The number of ether oxygens (including phenoxy) is 2. The molecule has 3 fully saturated rings. The molecule has 3 N–H and O–H groups in total. The number of rotatable bonds is 5. The third-order valence-corrected chi connectivity index (χ3v) is 7.23. The fourth-order valence-electron chi connectivity index (χ4n) is 5.29. The van der Waals surface area contributed by atoms with Gasteiger partial charge in [-0.2, -0.15) is 0 Å². The molecule has 1 aliphatic carbocycles. The van der Waals surface area contributed by atoms with Gasteiger partial charge in [0, 0.05) is 38.3 Å². The van der Waals surface area contributed by atoms with Crippen molar-refractivity contribution in [2.75, 3.05) is 51.7 Å². The van der Waals surface area contributed by atoms with Gasteiger partial charge in [0.15, 0.2) is 0 Å². The molecule has 3 aliphatic heterocycles. The number of amides is 1. The maximum atomic E-state index is 12.8. The monoisotopic (exact) mass is 405 g/mol. The van der Waals surface area contributed by atoms with Crippen molar-refractivity contribution in [1.82, 2.24) is 10.2 Å². The number of likely N-dealkylation sites (tertiary alicyclic amines) is 1. The van der Waals surface area contributed by atoms with Crippen LogP contribution in [-0.4, -0.2) is 56.8 Å². The molecule has 4 aliphatic rings. The fraction of sp³-hybridized carbons (Fsp3) is 0.667. The molecule has 4 atom stereocenters. The number of fused-ring (bicyclic) bond motifs is 2. The number of carbonyl (C=O) groups excluding carboxylic acids is 1. The first-order chi connectivity index (χ1) is 13.6. The molecule has 0 radical (unpaired) electrons. The van der Waals surface area contributed by atoms with Crippen LogP contribution >= 0.6 is 11.6 Å². The topological polar surface area (TPSA) is 76.8 Å². The number of nitrogen functional groups attached to an aromatic ring is 1. The highest BCUT2D eigenvalue weighted by Crippen LogP contribution is 2.51. The van der Waals surface area contributed by atoms with E-state index >= 15 is 0 Å². The molecule has 1 saturated carbocycles. The Balaban J connectivity index is 1.16. The van der Waals surface area contributed by atoms with Crippen molar-refractivity contribution in [3.8, 4) is 5.75 Å². The van der Waals surface area contributed by atoms with Crippen molar-refractivity contribution in [2.45, 2.75) is 19.3 Å². The Morgan fingerprint density at radius 1 is 1.32 bits per heavy atom. The molecular weight excluding hydrogens is 378 g/mol. The van der Waals surface area contributed by atoms with Gasteiger partial charge in [-0.3, -0.25) is 4.79 Å². The second-order valence-corrected chi connectivity index (χ2v) is 9.14. The number of hydrogen-bond acceptors (Lipinski definition) is 5. The van der Waals surface area contributed by atoms with E-state index in [4.69, 9.17) is 26.8 Å². The summed E-state index contributed by atoms with van der Waals surface area (Å²) in [6.45, 7) is 6.67. The zero-order valence-corrected chi connectivity index (χ0v) is 16.8. The molecule has 2 saturated heterocycles. The number of nitrogens with zero attached hydrogens (tertiary/aromatic N) is 1. The standard InChI is InChI=1S/C21H28ClN3O3/c22-18-6-14(20-13(19(18)23)2-1-4-28-20)21(26)24-7-15-16-9-25(10-17(15)16)8-12-3-5-27-11-12/h6,12,15-17H,1-5,7-11,23H2,(H,24,26)/t12-,15?,16+,17?/m1/s1. The summed E-state index contributed by atoms with van der Waals surface area (Å²) in [4.78, 5) is 15.4. The summed E-state index contributed by atoms with van der Waals surface area (Å²) >= 11 is 6.26. The second-order valence-electron chi connectivity index (χ2n) is 8.73. The van der Waals surface area contributed by atoms with Crippen LogP contribution in [0.2, 0.25) is 5.02 Å². The lowest BCUT2D eigenvalue weighted by molar-refractivity contribution is 0.0944. The number of piperidine rings is 1. The summed E-state index contributed by atoms with van der Waals surface area (Å²) in [7, 11) is 0. The molecule has 5 rings (SSSR count). The van der Waals surface area contributed by atoms with Crippen molar-refractivity contribution in [3.63, 3.8) is 0 Å². The summed E-state index contributed by atoms with van der Waals surface area (Å²) in [6.07, 6.45) is 2.89. The average Bonchev–Trinajstić information content (AvgIpc) is 3.08. The number of nitrogens with two attached hydrogens (primary N) is 1. The summed E-state index contributed by atoms with van der Waals surface area (Å²) in [5, 5.41) is 3.55. The highest BCUT2D eigenvalue weighted by Gasteiger charge is 2.55. The summed E-state index contributed by atoms with van der Waals surface area (Å²) < 4.78 is 11.3. The molecule has 0 aromatic heterocycles. The van der Waals surface area contributed by atoms with Crippen LogP contribution in [0.5, 0.6) is 5.75 Å². The number of anilines is 1. The molecule has 1 aromatic rings. The van der Waals surface area contributed by atoms with Gasteiger partial charge in [0.25, 0.3) is 5.91 Å². The van der Waals surface area contributed by atoms with Crippen LogP contribution in [0.15, 0.2) is 6.07 Å². The Bertz CT molecular complexity index is 769. The fourth-order valence-corrected chi connectivity index (χ4v) is 5.51. The van der Waals surface area contributed by atoms with Gasteiger partial charge in [-0.1, -0.05) is 11.6 Å². The van der Waals surface area contributed by atoms with E-state index in [1.54, 1.807) is 6.07 Å². The van der Waals surface area contributed by atoms with Gasteiger partial charge >= 0.3 is 0 Å². The zero-order valence-electron chi connectivity index (χ0n) is 16.1. The summed E-state index contributed by atoms with van der Waals surface area (Å²) in [5.74, 6) is 3.26. The van der Waals surface area contributed by atoms with Crippen molar-refractivity contribution >= 4 is 23.2 Å². The molecule has 7 heteroatoms. The minimum atomic E-state index is -0.106. The average molecular weight is 406 g/mol. The SMILES string of the molecule is Nc1c(Cl)cc(C(=O)NCC2C3CN(C[C@H]4CCOC4)C[C@@H]23)c2c1CCCO2. The molecule has 3 heterocycles. The van der Waals surface area contributed by atoms with Crippen LogP contribution in [0.4, 0.5) is 5.69 Å². The van der Waals surface area contributed by atoms with E-state index < -0.39 is 0 Å². The minimum Gasteiger partial charge on any atom is -0.492 e. The molecule has 152 valence electrons. The van der Waals surface area contributed by atoms with E-state index in [9.17, 15) is 4.79 Å². The van der Waals surface area contributed by atoms with Crippen LogP contribution in [0.3, 0.4) is 0 Å². The Morgan fingerprint density at radius 3 is 2.89 bits per heavy atom. The predicted molar refractivity (Wildman–Crippen MR) is 108 cm³/mol. The third kappa shape index (κ3) is 3.36. The van der Waals surface area contributed by atoms with Gasteiger partial charge < -0.3 is 25.4 Å². The van der Waals surface area contributed by atoms with Gasteiger partial charge in [-0.25, -0.2) is 0 Å². The number of benzene rings is 1. The second kappa shape index (κ2) is 7.39. The van der Waals surface area contributed by atoms with E-state index in [-0.39, 0.29) is 5.91 Å². The molecule has 1 aromatic carbocycles. The Hall–Kier alpha value is -1.50. The van der Waals surface area contributed by atoms with Crippen LogP contribution < -0.4 is 15.8 Å². The first-order valence-electron chi connectivity index (χ1n) is 10.4. The number of carbonyl (C=O) groups is 1. The third-order valence-electron chi connectivity index (χ3n) is 6.92. The van der Waals surface area contributed by atoms with Gasteiger partial charge in [0.05, 0.1) is 29.5 Å². The van der Waals surface area contributed by atoms with Crippen molar-refractivity contribution in [3.05, 3.63) is 22.2 Å². The lowest BCUT2D eigenvalue weighted by atomic mass is 9.99. The lowest BCUT2D eigenvalue weighted by Crippen LogP contribution is -2.33. The normalized spacial score (nSPS) is 31.2. The van der Waals surface area contributed by atoms with Gasteiger partial charge in [-0.05, 0) is 49.0 Å². The Kier molecular flexibility index (Phi) is 4.89. The summed E-state index contributed by atoms with van der Waals surface area (Å²) in [5.41, 5.74) is 8.01. The first-order valence-corrected chi connectivity index (χ1v) is 10.8. The maximum Gasteiger partial charge on any atom is 0.255 e. The minimum absolute atomic E-state index is 0.106. The molecule has 2 unspecified atom stereocenters. The van der Waals surface area contributed by atoms with Crippen molar-refractivity contribution in [1.29, 1.82) is 0 Å². The number of halogens is 1. The highest BCUT2D eigenvalue weighted by molar-refractivity contribution is 6.33. The molecule has 0 spiro atoms. The largest absolute Gasteiger partial charge is 0.492 e. The van der Waals surface area contributed by atoms with Crippen LogP contribution in [-0.2, 0) is 11.2 Å². The quantitative estimate of drug-likeness (QED) is 0.734. The smallest absolute Gasteiger partial charge is 0.255 e. The molecular formula is C21H28ClN3O3. The van der Waals surface area contributed by atoms with E-state index in [2.05, 4.69) is 10.2 Å². The van der Waals surface area contributed by atoms with E-state index in [0.717, 1.165) is 63.1 Å². The molecule has 1 amide bonds. The van der Waals surface area contributed by atoms with Crippen molar-refractivity contribution < 1.29 is 14.3 Å². The lowest BCUT2D eigenvalue weighted by Gasteiger charge is -2.23. The zero-order chi connectivity index (χ0) is 19.3. The van der Waals surface area contributed by atoms with Crippen molar-refractivity contribution in [2.24, 2.45) is 23.7 Å². The number of nitrogens with one attached hydrogen (secondary N) is 1. The Morgan fingerprint density at radius 2 is 2.14 bits per heavy atom. The van der Waals surface area contributed by atoms with Gasteiger partial charge in [-0.15, -0.1) is 0 Å². The molecule has 28 heavy (non-hydrogen) atoms. The molecule has 0 bridgehead atoms.